The van der Waals surface area contributed by atoms with E-state index in [4.69, 9.17) is 11.6 Å². The first-order chi connectivity index (χ1) is 9.51. The number of aldehydes is 1. The molecule has 0 atom stereocenters. The SMILES string of the molecule is Cc1nc(Cl)c(C=O)c(NCc2ccc(F)c(F)c2)n1. The zero-order valence-corrected chi connectivity index (χ0v) is 11.2. The van der Waals surface area contributed by atoms with Gasteiger partial charge in [-0.3, -0.25) is 4.79 Å². The molecule has 1 aromatic heterocycles. The number of aromatic nitrogens is 2. The number of carbonyl (C=O) groups is 1. The summed E-state index contributed by atoms with van der Waals surface area (Å²) in [5.74, 6) is -1.20. The minimum atomic E-state index is -0.934. The number of nitrogens with one attached hydrogen (secondary N) is 1. The van der Waals surface area contributed by atoms with E-state index in [1.54, 1.807) is 6.92 Å². The molecule has 0 unspecified atom stereocenters. The molecule has 0 fully saturated rings. The lowest BCUT2D eigenvalue weighted by Gasteiger charge is -2.09. The Morgan fingerprint density at radius 3 is 2.70 bits per heavy atom. The molecular weight excluding hydrogens is 288 g/mol. The fraction of sp³-hybridized carbons (Fsp3) is 0.154. The van der Waals surface area contributed by atoms with Crippen LogP contribution in [0.4, 0.5) is 14.6 Å². The van der Waals surface area contributed by atoms with Crippen LogP contribution in [-0.4, -0.2) is 16.3 Å². The Morgan fingerprint density at radius 2 is 2.05 bits per heavy atom. The number of aryl methyl sites for hydroxylation is 1. The van der Waals surface area contributed by atoms with Gasteiger partial charge in [-0.2, -0.15) is 0 Å². The molecule has 20 heavy (non-hydrogen) atoms. The molecule has 4 nitrogen and oxygen atoms in total. The maximum absolute atomic E-state index is 13.1. The highest BCUT2D eigenvalue weighted by atomic mass is 35.5. The van der Waals surface area contributed by atoms with E-state index in [0.29, 0.717) is 17.7 Å². The molecule has 1 N–H and O–H groups in total. The Bertz CT molecular complexity index is 664. The number of carbonyl (C=O) groups excluding carboxylic acids is 1. The van der Waals surface area contributed by atoms with E-state index in [9.17, 15) is 13.6 Å². The molecule has 1 aromatic carbocycles. The average molecular weight is 298 g/mol. The number of hydrogen-bond acceptors (Lipinski definition) is 4. The third-order valence-electron chi connectivity index (χ3n) is 2.57. The number of halogens is 3. The van der Waals surface area contributed by atoms with Gasteiger partial charge in [-0.05, 0) is 24.6 Å². The number of anilines is 1. The fourth-order valence-corrected chi connectivity index (χ4v) is 1.88. The third-order valence-corrected chi connectivity index (χ3v) is 2.86. The molecule has 0 radical (unpaired) electrons. The van der Waals surface area contributed by atoms with Gasteiger partial charge in [0.15, 0.2) is 17.9 Å². The highest BCUT2D eigenvalue weighted by Crippen LogP contribution is 2.20. The summed E-state index contributed by atoms with van der Waals surface area (Å²) in [6.45, 7) is 1.80. The Hall–Kier alpha value is -2.08. The molecule has 0 saturated heterocycles. The monoisotopic (exact) mass is 297 g/mol. The van der Waals surface area contributed by atoms with Gasteiger partial charge in [0.05, 0.1) is 5.56 Å². The number of hydrogen-bond donors (Lipinski definition) is 1. The zero-order valence-electron chi connectivity index (χ0n) is 10.5. The topological polar surface area (TPSA) is 54.9 Å². The van der Waals surface area contributed by atoms with Crippen LogP contribution in [0.2, 0.25) is 5.15 Å². The van der Waals surface area contributed by atoms with Crippen LogP contribution in [0.15, 0.2) is 18.2 Å². The van der Waals surface area contributed by atoms with Gasteiger partial charge in [0, 0.05) is 6.54 Å². The van der Waals surface area contributed by atoms with Crippen LogP contribution >= 0.6 is 11.6 Å². The maximum Gasteiger partial charge on any atom is 0.159 e. The minimum Gasteiger partial charge on any atom is -0.365 e. The molecule has 0 amide bonds. The van der Waals surface area contributed by atoms with Gasteiger partial charge in [-0.25, -0.2) is 18.7 Å². The molecular formula is C13H10ClF2N3O. The van der Waals surface area contributed by atoms with Crippen LogP contribution in [0.3, 0.4) is 0 Å². The summed E-state index contributed by atoms with van der Waals surface area (Å²) in [5.41, 5.74) is 0.632. The van der Waals surface area contributed by atoms with Crippen molar-refractivity contribution < 1.29 is 13.6 Å². The molecule has 2 aromatic rings. The van der Waals surface area contributed by atoms with Gasteiger partial charge in [-0.1, -0.05) is 17.7 Å². The molecule has 0 aliphatic carbocycles. The van der Waals surface area contributed by atoms with Crippen molar-refractivity contribution in [1.29, 1.82) is 0 Å². The van der Waals surface area contributed by atoms with Crippen molar-refractivity contribution in [3.63, 3.8) is 0 Å². The molecule has 7 heteroatoms. The highest BCUT2D eigenvalue weighted by Gasteiger charge is 2.11. The summed E-state index contributed by atoms with van der Waals surface area (Å²) in [5, 5.41) is 2.89. The van der Waals surface area contributed by atoms with Gasteiger partial charge < -0.3 is 5.32 Å². The summed E-state index contributed by atoms with van der Waals surface area (Å²) in [4.78, 5) is 18.9. The first-order valence-electron chi connectivity index (χ1n) is 5.68. The maximum atomic E-state index is 13.1. The van der Waals surface area contributed by atoms with Crippen molar-refractivity contribution in [1.82, 2.24) is 9.97 Å². The summed E-state index contributed by atoms with van der Waals surface area (Å²) >= 11 is 5.83. The Balaban J connectivity index is 2.22. The lowest BCUT2D eigenvalue weighted by Crippen LogP contribution is -2.07. The second kappa shape index (κ2) is 5.92. The minimum absolute atomic E-state index is 0.0419. The van der Waals surface area contributed by atoms with Crippen molar-refractivity contribution in [3.8, 4) is 0 Å². The Kier molecular flexibility index (Phi) is 4.24. The van der Waals surface area contributed by atoms with Crippen LogP contribution < -0.4 is 5.32 Å². The molecule has 0 spiro atoms. The van der Waals surface area contributed by atoms with Crippen LogP contribution in [0.5, 0.6) is 0 Å². The first kappa shape index (κ1) is 14.3. The van der Waals surface area contributed by atoms with Crippen molar-refractivity contribution in [2.24, 2.45) is 0 Å². The quantitative estimate of drug-likeness (QED) is 0.696. The normalized spacial score (nSPS) is 10.4. The summed E-state index contributed by atoms with van der Waals surface area (Å²) in [7, 11) is 0. The van der Waals surface area contributed by atoms with E-state index in [0.717, 1.165) is 12.1 Å². The Morgan fingerprint density at radius 1 is 1.30 bits per heavy atom. The van der Waals surface area contributed by atoms with E-state index in [2.05, 4.69) is 15.3 Å². The molecule has 0 aliphatic rings. The smallest absolute Gasteiger partial charge is 0.159 e. The molecule has 0 saturated carbocycles. The largest absolute Gasteiger partial charge is 0.365 e. The predicted octanol–water partition coefficient (Wildman–Crippen LogP) is 3.14. The van der Waals surface area contributed by atoms with Crippen molar-refractivity contribution >= 4 is 23.7 Å². The second-order valence-electron chi connectivity index (χ2n) is 4.04. The van der Waals surface area contributed by atoms with Crippen LogP contribution in [0.25, 0.3) is 0 Å². The average Bonchev–Trinajstić information content (AvgIpc) is 2.39. The molecule has 0 bridgehead atoms. The summed E-state index contributed by atoms with van der Waals surface area (Å²) in [6, 6.07) is 3.53. The van der Waals surface area contributed by atoms with E-state index in [-0.39, 0.29) is 23.1 Å². The lowest BCUT2D eigenvalue weighted by molar-refractivity contribution is 0.112. The molecule has 1 heterocycles. The fourth-order valence-electron chi connectivity index (χ4n) is 1.62. The standard InChI is InChI=1S/C13H10ClF2N3O/c1-7-18-12(14)9(6-20)13(19-7)17-5-8-2-3-10(15)11(16)4-8/h2-4,6H,5H2,1H3,(H,17,18,19). The van der Waals surface area contributed by atoms with Crippen LogP contribution in [0, 0.1) is 18.6 Å². The van der Waals surface area contributed by atoms with E-state index >= 15 is 0 Å². The predicted molar refractivity (Wildman–Crippen MR) is 70.9 cm³/mol. The summed E-state index contributed by atoms with van der Waals surface area (Å²) < 4.78 is 25.9. The lowest BCUT2D eigenvalue weighted by atomic mass is 10.2. The molecule has 0 aliphatic heterocycles. The number of rotatable bonds is 4. The van der Waals surface area contributed by atoms with Crippen molar-refractivity contribution in [2.75, 3.05) is 5.32 Å². The summed E-state index contributed by atoms with van der Waals surface area (Å²) in [6.07, 6.45) is 0.537. The number of nitrogens with zero attached hydrogens (tertiary/aromatic N) is 2. The van der Waals surface area contributed by atoms with E-state index in [1.165, 1.54) is 6.07 Å². The second-order valence-corrected chi connectivity index (χ2v) is 4.40. The first-order valence-corrected chi connectivity index (χ1v) is 6.06. The van der Waals surface area contributed by atoms with E-state index < -0.39 is 11.6 Å². The van der Waals surface area contributed by atoms with Gasteiger partial charge in [0.25, 0.3) is 0 Å². The van der Waals surface area contributed by atoms with Gasteiger partial charge in [0.1, 0.15) is 16.8 Å². The van der Waals surface area contributed by atoms with Crippen molar-refractivity contribution in [2.45, 2.75) is 13.5 Å². The van der Waals surface area contributed by atoms with Gasteiger partial charge in [0.2, 0.25) is 0 Å². The van der Waals surface area contributed by atoms with Crippen LogP contribution in [-0.2, 0) is 6.54 Å². The van der Waals surface area contributed by atoms with E-state index in [1.807, 2.05) is 0 Å². The zero-order chi connectivity index (χ0) is 14.7. The van der Waals surface area contributed by atoms with Crippen LogP contribution in [0.1, 0.15) is 21.7 Å². The third kappa shape index (κ3) is 3.08. The molecule has 2 rings (SSSR count). The molecule has 104 valence electrons. The van der Waals surface area contributed by atoms with Gasteiger partial charge >= 0.3 is 0 Å². The highest BCUT2D eigenvalue weighted by molar-refractivity contribution is 6.32. The van der Waals surface area contributed by atoms with Gasteiger partial charge in [-0.15, -0.1) is 0 Å². The number of benzene rings is 1. The Labute approximate surface area is 118 Å². The van der Waals surface area contributed by atoms with Crippen molar-refractivity contribution in [3.05, 3.63) is 51.9 Å².